The molecule has 3 heteroatoms. The SMILES string of the molecule is Cc1cc(C)c(N2CCC(O[C]=O)CC2)c(C)c1. The molecule has 0 unspecified atom stereocenters. The molecule has 2 rings (SSSR count). The van der Waals surface area contributed by atoms with Crippen LogP contribution in [0.5, 0.6) is 0 Å². The Hall–Kier alpha value is -1.51. The highest BCUT2D eigenvalue weighted by molar-refractivity contribution is 5.60. The van der Waals surface area contributed by atoms with Crippen LogP contribution >= 0.6 is 0 Å². The summed E-state index contributed by atoms with van der Waals surface area (Å²) in [6.07, 6.45) is 1.83. The molecule has 1 radical (unpaired) electrons. The number of ether oxygens (including phenoxy) is 1. The third-order valence-electron chi connectivity index (χ3n) is 3.61. The van der Waals surface area contributed by atoms with Crippen molar-refractivity contribution < 1.29 is 9.53 Å². The van der Waals surface area contributed by atoms with E-state index < -0.39 is 0 Å². The van der Waals surface area contributed by atoms with Gasteiger partial charge in [0.05, 0.1) is 0 Å². The molecule has 1 aromatic carbocycles. The van der Waals surface area contributed by atoms with Gasteiger partial charge in [0, 0.05) is 31.6 Å². The monoisotopic (exact) mass is 246 g/mol. The number of carbonyl (C=O) groups excluding carboxylic acids is 1. The first kappa shape index (κ1) is 12.9. The van der Waals surface area contributed by atoms with Crippen LogP contribution in [-0.2, 0) is 9.53 Å². The molecular weight excluding hydrogens is 226 g/mol. The number of anilines is 1. The summed E-state index contributed by atoms with van der Waals surface area (Å²) in [5, 5.41) is 0. The van der Waals surface area contributed by atoms with Crippen molar-refractivity contribution in [3.05, 3.63) is 28.8 Å². The number of nitrogens with zero attached hydrogens (tertiary/aromatic N) is 1. The molecule has 0 spiro atoms. The highest BCUT2D eigenvalue weighted by Gasteiger charge is 2.22. The summed E-state index contributed by atoms with van der Waals surface area (Å²) >= 11 is 0. The Morgan fingerprint density at radius 2 is 1.72 bits per heavy atom. The molecule has 18 heavy (non-hydrogen) atoms. The molecule has 0 N–H and O–H groups in total. The number of hydrogen-bond acceptors (Lipinski definition) is 3. The second-order valence-corrected chi connectivity index (χ2v) is 5.13. The van der Waals surface area contributed by atoms with E-state index in [9.17, 15) is 4.79 Å². The molecule has 0 atom stereocenters. The summed E-state index contributed by atoms with van der Waals surface area (Å²) < 4.78 is 4.91. The highest BCUT2D eigenvalue weighted by atomic mass is 16.5. The summed E-state index contributed by atoms with van der Waals surface area (Å²) in [6.45, 7) is 9.89. The predicted octanol–water partition coefficient (Wildman–Crippen LogP) is 2.66. The maximum absolute atomic E-state index is 10.2. The average molecular weight is 246 g/mol. The highest BCUT2D eigenvalue weighted by Crippen LogP contribution is 2.29. The lowest BCUT2D eigenvalue weighted by Gasteiger charge is -2.34. The summed E-state index contributed by atoms with van der Waals surface area (Å²) in [6, 6.07) is 4.45. The fourth-order valence-corrected chi connectivity index (χ4v) is 2.94. The van der Waals surface area contributed by atoms with E-state index in [1.54, 1.807) is 6.47 Å². The van der Waals surface area contributed by atoms with Gasteiger partial charge in [-0.1, -0.05) is 17.7 Å². The van der Waals surface area contributed by atoms with Crippen LogP contribution in [-0.4, -0.2) is 25.7 Å². The molecule has 1 saturated heterocycles. The van der Waals surface area contributed by atoms with E-state index in [4.69, 9.17) is 4.74 Å². The Labute approximate surface area is 109 Å². The lowest BCUT2D eigenvalue weighted by molar-refractivity contribution is 0.149. The standard InChI is InChI=1S/C15H20NO2/c1-11-8-12(2)15(13(3)9-11)16-6-4-14(5-7-16)18-10-17/h8-9,14H,4-7H2,1-3H3. The first-order valence-electron chi connectivity index (χ1n) is 6.47. The Balaban J connectivity index is 2.12. The van der Waals surface area contributed by atoms with Gasteiger partial charge >= 0.3 is 6.47 Å². The Bertz CT molecular complexity index is 411. The Morgan fingerprint density at radius 1 is 1.17 bits per heavy atom. The predicted molar refractivity (Wildman–Crippen MR) is 72.7 cm³/mol. The molecule has 0 amide bonds. The largest absolute Gasteiger partial charge is 0.454 e. The van der Waals surface area contributed by atoms with Gasteiger partial charge in [-0.2, -0.15) is 0 Å². The van der Waals surface area contributed by atoms with Gasteiger partial charge in [0.25, 0.3) is 0 Å². The molecule has 1 aliphatic rings. The summed E-state index contributed by atoms with van der Waals surface area (Å²) in [7, 11) is 0. The quantitative estimate of drug-likeness (QED) is 0.821. The van der Waals surface area contributed by atoms with Crippen LogP contribution in [0.1, 0.15) is 29.5 Å². The van der Waals surface area contributed by atoms with Gasteiger partial charge < -0.3 is 9.64 Å². The Kier molecular flexibility index (Phi) is 3.90. The summed E-state index contributed by atoms with van der Waals surface area (Å²) in [5.74, 6) is 0. The van der Waals surface area contributed by atoms with E-state index in [1.807, 2.05) is 0 Å². The second kappa shape index (κ2) is 5.42. The lowest BCUT2D eigenvalue weighted by Crippen LogP contribution is -2.37. The van der Waals surface area contributed by atoms with Crippen molar-refractivity contribution in [2.75, 3.05) is 18.0 Å². The van der Waals surface area contributed by atoms with E-state index >= 15 is 0 Å². The van der Waals surface area contributed by atoms with Gasteiger partial charge in [-0.15, -0.1) is 0 Å². The maximum atomic E-state index is 10.2. The fourth-order valence-electron chi connectivity index (χ4n) is 2.94. The van der Waals surface area contributed by atoms with Gasteiger partial charge in [-0.05, 0) is 31.9 Å². The van der Waals surface area contributed by atoms with Gasteiger partial charge in [-0.25, -0.2) is 4.79 Å². The molecule has 1 fully saturated rings. The molecule has 3 nitrogen and oxygen atoms in total. The molecule has 97 valence electrons. The maximum Gasteiger partial charge on any atom is 0.417 e. The smallest absolute Gasteiger partial charge is 0.417 e. The first-order valence-corrected chi connectivity index (χ1v) is 6.47. The van der Waals surface area contributed by atoms with E-state index in [-0.39, 0.29) is 6.10 Å². The van der Waals surface area contributed by atoms with Crippen molar-refractivity contribution in [3.63, 3.8) is 0 Å². The number of hydrogen-bond donors (Lipinski definition) is 0. The number of piperidine rings is 1. The summed E-state index contributed by atoms with van der Waals surface area (Å²) in [5.41, 5.74) is 5.30. The van der Waals surface area contributed by atoms with E-state index in [2.05, 4.69) is 37.8 Å². The van der Waals surface area contributed by atoms with Crippen LogP contribution in [0.15, 0.2) is 12.1 Å². The van der Waals surface area contributed by atoms with Gasteiger partial charge in [0.2, 0.25) is 0 Å². The van der Waals surface area contributed by atoms with Gasteiger partial charge in [0.15, 0.2) is 0 Å². The van der Waals surface area contributed by atoms with Crippen molar-refractivity contribution in [3.8, 4) is 0 Å². The minimum atomic E-state index is 0.0461. The lowest BCUT2D eigenvalue weighted by atomic mass is 10.0. The topological polar surface area (TPSA) is 29.5 Å². The van der Waals surface area contributed by atoms with Crippen molar-refractivity contribution in [1.29, 1.82) is 0 Å². The van der Waals surface area contributed by atoms with Crippen molar-refractivity contribution in [2.45, 2.75) is 39.7 Å². The van der Waals surface area contributed by atoms with Crippen molar-refractivity contribution in [2.24, 2.45) is 0 Å². The average Bonchev–Trinajstić information content (AvgIpc) is 2.30. The Morgan fingerprint density at radius 3 is 2.22 bits per heavy atom. The summed E-state index contributed by atoms with van der Waals surface area (Å²) in [4.78, 5) is 12.6. The second-order valence-electron chi connectivity index (χ2n) is 5.13. The fraction of sp³-hybridized carbons (Fsp3) is 0.533. The number of benzene rings is 1. The van der Waals surface area contributed by atoms with E-state index in [1.165, 1.54) is 22.4 Å². The van der Waals surface area contributed by atoms with Gasteiger partial charge in [0.1, 0.15) is 6.10 Å². The molecule has 0 aromatic heterocycles. The molecule has 0 saturated carbocycles. The normalized spacial score (nSPS) is 16.7. The number of aryl methyl sites for hydroxylation is 3. The number of rotatable bonds is 3. The van der Waals surface area contributed by atoms with Crippen LogP contribution in [0.2, 0.25) is 0 Å². The van der Waals surface area contributed by atoms with E-state index in [0.29, 0.717) is 0 Å². The van der Waals surface area contributed by atoms with Crippen molar-refractivity contribution >= 4 is 12.2 Å². The molecule has 0 bridgehead atoms. The molecule has 1 aromatic rings. The van der Waals surface area contributed by atoms with Gasteiger partial charge in [-0.3, -0.25) is 0 Å². The zero-order chi connectivity index (χ0) is 13.1. The molecular formula is C15H20NO2. The zero-order valence-electron chi connectivity index (χ0n) is 11.3. The zero-order valence-corrected chi connectivity index (χ0v) is 11.3. The van der Waals surface area contributed by atoms with Crippen LogP contribution in [0.25, 0.3) is 0 Å². The minimum Gasteiger partial charge on any atom is -0.454 e. The van der Waals surface area contributed by atoms with Crippen LogP contribution in [0.3, 0.4) is 0 Å². The molecule has 0 aliphatic carbocycles. The van der Waals surface area contributed by atoms with Crippen LogP contribution < -0.4 is 4.90 Å². The first-order chi connectivity index (χ1) is 8.61. The van der Waals surface area contributed by atoms with E-state index in [0.717, 1.165) is 25.9 Å². The van der Waals surface area contributed by atoms with Crippen LogP contribution in [0.4, 0.5) is 5.69 Å². The van der Waals surface area contributed by atoms with Crippen LogP contribution in [0, 0.1) is 20.8 Å². The third kappa shape index (κ3) is 2.66. The van der Waals surface area contributed by atoms with Crippen molar-refractivity contribution in [1.82, 2.24) is 0 Å². The minimum absolute atomic E-state index is 0.0461. The third-order valence-corrected chi connectivity index (χ3v) is 3.61. The molecule has 1 aliphatic heterocycles. The molecule has 1 heterocycles.